The molecule has 0 atom stereocenters. The molecule has 0 aliphatic carbocycles. The van der Waals surface area contributed by atoms with Gasteiger partial charge >= 0.3 is 6.18 Å². The summed E-state index contributed by atoms with van der Waals surface area (Å²) in [4.78, 5) is 12.0. The van der Waals surface area contributed by atoms with Gasteiger partial charge in [-0.3, -0.25) is 4.79 Å². The van der Waals surface area contributed by atoms with Gasteiger partial charge in [-0.1, -0.05) is 53.7 Å². The Hall–Kier alpha value is -2.52. The molecule has 0 aliphatic rings. The smallest absolute Gasteiger partial charge is 0.416 e. The van der Waals surface area contributed by atoms with Gasteiger partial charge in [-0.15, -0.1) is 10.2 Å². The van der Waals surface area contributed by atoms with Crippen molar-refractivity contribution in [3.05, 3.63) is 70.6 Å². The van der Waals surface area contributed by atoms with Crippen molar-refractivity contribution in [2.75, 3.05) is 11.1 Å². The van der Waals surface area contributed by atoms with E-state index in [1.807, 2.05) is 30.3 Å². The number of halogens is 4. The van der Waals surface area contributed by atoms with E-state index in [9.17, 15) is 18.0 Å². The van der Waals surface area contributed by atoms with Crippen molar-refractivity contribution in [2.24, 2.45) is 0 Å². The number of alkyl halides is 3. The highest BCUT2D eigenvalue weighted by atomic mass is 35.5. The average molecular weight is 428 g/mol. The number of benzene rings is 2. The second-order valence-corrected chi connectivity index (χ2v) is 6.99. The Kier molecular flexibility index (Phi) is 6.25. The summed E-state index contributed by atoms with van der Waals surface area (Å²) in [5.74, 6) is -0.207. The first-order chi connectivity index (χ1) is 13.3. The lowest BCUT2D eigenvalue weighted by Gasteiger charge is -2.11. The van der Waals surface area contributed by atoms with Crippen LogP contribution < -0.4 is 5.32 Å². The molecule has 5 nitrogen and oxygen atoms in total. The van der Waals surface area contributed by atoms with Crippen molar-refractivity contribution in [2.45, 2.75) is 17.8 Å². The number of amides is 1. The van der Waals surface area contributed by atoms with Gasteiger partial charge in [0.25, 0.3) is 5.22 Å². The third-order valence-corrected chi connectivity index (χ3v) is 4.68. The molecule has 0 unspecified atom stereocenters. The lowest BCUT2D eigenvalue weighted by Crippen LogP contribution is -2.15. The van der Waals surface area contributed by atoms with Gasteiger partial charge in [-0.2, -0.15) is 13.2 Å². The van der Waals surface area contributed by atoms with Gasteiger partial charge in [0.05, 0.1) is 22.8 Å². The Balaban J connectivity index is 1.55. The highest BCUT2D eigenvalue weighted by Gasteiger charge is 2.33. The highest BCUT2D eigenvalue weighted by Crippen LogP contribution is 2.36. The second kappa shape index (κ2) is 8.66. The van der Waals surface area contributed by atoms with E-state index in [0.717, 1.165) is 29.5 Å². The van der Waals surface area contributed by atoms with Crippen molar-refractivity contribution < 1.29 is 22.4 Å². The van der Waals surface area contributed by atoms with Crippen LogP contribution in [0.3, 0.4) is 0 Å². The van der Waals surface area contributed by atoms with Crippen LogP contribution in [0, 0.1) is 0 Å². The fourth-order valence-corrected chi connectivity index (χ4v) is 3.09. The van der Waals surface area contributed by atoms with E-state index in [1.165, 1.54) is 6.07 Å². The molecule has 3 rings (SSSR count). The number of rotatable bonds is 6. The van der Waals surface area contributed by atoms with Crippen molar-refractivity contribution >= 4 is 35.0 Å². The fourth-order valence-electron chi connectivity index (χ4n) is 2.28. The van der Waals surface area contributed by atoms with Crippen LogP contribution >= 0.6 is 23.4 Å². The Labute approximate surface area is 167 Å². The first kappa shape index (κ1) is 20.2. The molecule has 28 heavy (non-hydrogen) atoms. The first-order valence-electron chi connectivity index (χ1n) is 7.97. The molecule has 1 amide bonds. The molecule has 0 aliphatic heterocycles. The van der Waals surface area contributed by atoms with Gasteiger partial charge in [-0.05, 0) is 23.8 Å². The number of nitrogens with zero attached hydrogens (tertiary/aromatic N) is 2. The van der Waals surface area contributed by atoms with E-state index in [2.05, 4.69) is 15.5 Å². The summed E-state index contributed by atoms with van der Waals surface area (Å²) >= 11 is 6.55. The maximum absolute atomic E-state index is 12.9. The minimum Gasteiger partial charge on any atom is -0.416 e. The normalized spacial score (nSPS) is 11.4. The van der Waals surface area contributed by atoms with Crippen molar-refractivity contribution in [1.29, 1.82) is 0 Å². The van der Waals surface area contributed by atoms with Crippen LogP contribution in [0.2, 0.25) is 5.02 Å². The summed E-state index contributed by atoms with van der Waals surface area (Å²) in [6, 6.07) is 12.7. The molecule has 0 saturated heterocycles. The number of anilines is 1. The predicted octanol–water partition coefficient (Wildman–Crippen LogP) is 5.06. The molecule has 0 saturated carbocycles. The molecular weight excluding hydrogens is 415 g/mol. The maximum Gasteiger partial charge on any atom is 0.417 e. The molecule has 0 radical (unpaired) electrons. The minimum absolute atomic E-state index is 0.00220. The van der Waals surface area contributed by atoms with Crippen molar-refractivity contribution in [3.8, 4) is 0 Å². The SMILES string of the molecule is O=C(CSc1nnc(Cc2ccccc2)o1)Nc1ccc(Cl)c(C(F)(F)F)c1. The largest absolute Gasteiger partial charge is 0.417 e. The summed E-state index contributed by atoms with van der Waals surface area (Å²) in [5, 5.41) is 9.92. The predicted molar refractivity (Wildman–Crippen MR) is 99.4 cm³/mol. The van der Waals surface area contributed by atoms with Crippen LogP contribution in [0.1, 0.15) is 17.0 Å². The summed E-state index contributed by atoms with van der Waals surface area (Å²) < 4.78 is 44.1. The van der Waals surface area contributed by atoms with Crippen LogP contribution in [-0.2, 0) is 17.4 Å². The average Bonchev–Trinajstić information content (AvgIpc) is 3.09. The zero-order valence-corrected chi connectivity index (χ0v) is 15.7. The van der Waals surface area contributed by atoms with E-state index < -0.39 is 22.7 Å². The molecule has 0 fully saturated rings. The van der Waals surface area contributed by atoms with Crippen LogP contribution in [0.4, 0.5) is 18.9 Å². The van der Waals surface area contributed by atoms with E-state index in [0.29, 0.717) is 12.3 Å². The summed E-state index contributed by atoms with van der Waals surface area (Å²) in [7, 11) is 0. The fraction of sp³-hybridized carbons (Fsp3) is 0.167. The third kappa shape index (κ3) is 5.49. The summed E-state index contributed by atoms with van der Waals surface area (Å²) in [6.07, 6.45) is -4.14. The van der Waals surface area contributed by atoms with Crippen molar-refractivity contribution in [1.82, 2.24) is 10.2 Å². The monoisotopic (exact) mass is 427 g/mol. The summed E-state index contributed by atoms with van der Waals surface area (Å²) in [5.41, 5.74) is -0.0108. The number of carbonyl (C=O) groups excluding carboxylic acids is 1. The van der Waals surface area contributed by atoms with E-state index in [4.69, 9.17) is 16.0 Å². The molecule has 2 aromatic carbocycles. The lowest BCUT2D eigenvalue weighted by atomic mass is 10.2. The quantitative estimate of drug-likeness (QED) is 0.557. The number of hydrogen-bond acceptors (Lipinski definition) is 5. The van der Waals surface area contributed by atoms with Crippen LogP contribution in [0.25, 0.3) is 0 Å². The van der Waals surface area contributed by atoms with Gasteiger partial charge in [0.15, 0.2) is 0 Å². The first-order valence-corrected chi connectivity index (χ1v) is 9.33. The Morgan fingerprint density at radius 3 is 2.61 bits per heavy atom. The van der Waals surface area contributed by atoms with Crippen molar-refractivity contribution in [3.63, 3.8) is 0 Å². The Morgan fingerprint density at radius 1 is 1.14 bits per heavy atom. The van der Waals surface area contributed by atoms with Gasteiger partial charge in [0.1, 0.15) is 0 Å². The minimum atomic E-state index is -4.61. The molecule has 1 N–H and O–H groups in total. The van der Waals surface area contributed by atoms with E-state index >= 15 is 0 Å². The Bertz CT molecular complexity index is 964. The number of carbonyl (C=O) groups is 1. The molecule has 3 aromatic rings. The number of nitrogens with one attached hydrogen (secondary N) is 1. The Morgan fingerprint density at radius 2 is 1.89 bits per heavy atom. The molecule has 1 aromatic heterocycles. The van der Waals surface area contributed by atoms with E-state index in [-0.39, 0.29) is 16.7 Å². The highest BCUT2D eigenvalue weighted by molar-refractivity contribution is 7.99. The zero-order valence-electron chi connectivity index (χ0n) is 14.2. The molecule has 0 bridgehead atoms. The van der Waals surface area contributed by atoms with Crippen LogP contribution in [0.15, 0.2) is 58.2 Å². The van der Waals surface area contributed by atoms with Gasteiger partial charge in [0, 0.05) is 5.69 Å². The van der Waals surface area contributed by atoms with Gasteiger partial charge in [-0.25, -0.2) is 0 Å². The van der Waals surface area contributed by atoms with Crippen LogP contribution in [0.5, 0.6) is 0 Å². The van der Waals surface area contributed by atoms with Gasteiger partial charge in [0.2, 0.25) is 11.8 Å². The molecular formula is C18H13ClF3N3O2S. The summed E-state index contributed by atoms with van der Waals surface area (Å²) in [6.45, 7) is 0. The number of thioether (sulfide) groups is 1. The third-order valence-electron chi connectivity index (χ3n) is 3.53. The zero-order chi connectivity index (χ0) is 20.1. The second-order valence-electron chi connectivity index (χ2n) is 5.65. The maximum atomic E-state index is 12.9. The number of aromatic nitrogens is 2. The molecule has 1 heterocycles. The van der Waals surface area contributed by atoms with E-state index in [1.54, 1.807) is 0 Å². The molecule has 10 heteroatoms. The van der Waals surface area contributed by atoms with Gasteiger partial charge < -0.3 is 9.73 Å². The lowest BCUT2D eigenvalue weighted by molar-refractivity contribution is -0.137. The molecule has 0 spiro atoms. The number of hydrogen-bond donors (Lipinski definition) is 1. The molecule has 146 valence electrons. The van der Waals surface area contributed by atoms with Crippen LogP contribution in [-0.4, -0.2) is 21.9 Å². The topological polar surface area (TPSA) is 68.0 Å². The standard InChI is InChI=1S/C18H13ClF3N3O2S/c19-14-7-6-12(9-13(14)18(20,21)22)23-15(26)10-28-17-25-24-16(27-17)8-11-4-2-1-3-5-11/h1-7,9H,8,10H2,(H,23,26).